The average molecular weight is 475 g/mol. The van der Waals surface area contributed by atoms with E-state index < -0.39 is 16.1 Å². The zero-order valence-electron chi connectivity index (χ0n) is 18.0. The van der Waals surface area contributed by atoms with Crippen molar-refractivity contribution in [2.45, 2.75) is 11.4 Å². The Balaban J connectivity index is 1.40. The van der Waals surface area contributed by atoms with Crippen molar-refractivity contribution >= 4 is 27.4 Å². The van der Waals surface area contributed by atoms with Crippen LogP contribution in [0.2, 0.25) is 0 Å². The van der Waals surface area contributed by atoms with Crippen LogP contribution in [-0.4, -0.2) is 19.4 Å². The number of carbonyl (C=O) groups is 1. The van der Waals surface area contributed by atoms with E-state index in [2.05, 4.69) is 20.3 Å². The maximum absolute atomic E-state index is 12.9. The van der Waals surface area contributed by atoms with E-state index in [-0.39, 0.29) is 4.90 Å². The van der Waals surface area contributed by atoms with Crippen molar-refractivity contribution in [3.8, 4) is 11.5 Å². The number of hydrogen-bond acceptors (Lipinski definition) is 5. The normalized spacial score (nSPS) is 10.8. The molecule has 0 spiro atoms. The number of ether oxygens (including phenoxy) is 1. The highest BCUT2D eigenvalue weighted by molar-refractivity contribution is 7.92. The van der Waals surface area contributed by atoms with Crippen molar-refractivity contribution in [1.29, 1.82) is 0 Å². The van der Waals surface area contributed by atoms with Crippen LogP contribution < -0.4 is 20.1 Å². The molecule has 172 valence electrons. The van der Waals surface area contributed by atoms with Gasteiger partial charge in [0.2, 0.25) is 0 Å². The fraction of sp³-hybridized carbons (Fsp3) is 0.0400. The van der Waals surface area contributed by atoms with E-state index in [0.717, 1.165) is 5.56 Å². The Labute approximate surface area is 197 Å². The van der Waals surface area contributed by atoms with Crippen LogP contribution in [0.1, 0.15) is 5.56 Å². The molecule has 4 rings (SSSR count). The molecule has 9 heteroatoms. The number of pyridine rings is 1. The molecule has 0 saturated heterocycles. The summed E-state index contributed by atoms with van der Waals surface area (Å²) in [7, 11) is -3.88. The van der Waals surface area contributed by atoms with Crippen LogP contribution in [0.15, 0.2) is 108 Å². The van der Waals surface area contributed by atoms with E-state index in [0.29, 0.717) is 29.4 Å². The molecule has 2 amide bonds. The first-order chi connectivity index (χ1) is 16.5. The summed E-state index contributed by atoms with van der Waals surface area (Å²) in [6.07, 6.45) is 3.32. The Kier molecular flexibility index (Phi) is 7.04. The molecule has 0 unspecified atom stereocenters. The molecular formula is C25H22N4O4S. The number of rotatable bonds is 8. The second-order valence-electron chi connectivity index (χ2n) is 7.21. The summed E-state index contributed by atoms with van der Waals surface area (Å²) >= 11 is 0. The van der Waals surface area contributed by atoms with Gasteiger partial charge < -0.3 is 15.4 Å². The number of nitrogens with one attached hydrogen (secondary N) is 3. The molecule has 1 heterocycles. The number of urea groups is 1. The lowest BCUT2D eigenvalue weighted by molar-refractivity contribution is 0.251. The van der Waals surface area contributed by atoms with Crippen molar-refractivity contribution in [3.05, 3.63) is 109 Å². The highest BCUT2D eigenvalue weighted by Crippen LogP contribution is 2.31. The molecule has 1 aromatic heterocycles. The molecule has 8 nitrogen and oxygen atoms in total. The molecule has 4 aromatic rings. The minimum Gasteiger partial charge on any atom is -0.455 e. The van der Waals surface area contributed by atoms with Crippen LogP contribution >= 0.6 is 0 Å². The predicted octanol–water partition coefficient (Wildman–Crippen LogP) is 5.00. The van der Waals surface area contributed by atoms with Gasteiger partial charge in [0.05, 0.1) is 10.6 Å². The van der Waals surface area contributed by atoms with Crippen LogP contribution in [0, 0.1) is 0 Å². The van der Waals surface area contributed by atoms with E-state index in [1.165, 1.54) is 24.3 Å². The van der Waals surface area contributed by atoms with Crippen LogP contribution in [0.3, 0.4) is 0 Å². The molecule has 0 aliphatic carbocycles. The number of amides is 2. The van der Waals surface area contributed by atoms with Crippen molar-refractivity contribution in [3.63, 3.8) is 0 Å². The van der Waals surface area contributed by atoms with E-state index in [1.807, 2.05) is 24.3 Å². The summed E-state index contributed by atoms with van der Waals surface area (Å²) in [4.78, 5) is 16.1. The molecule has 3 N–H and O–H groups in total. The molecule has 0 bridgehead atoms. The molecule has 0 atom stereocenters. The highest BCUT2D eigenvalue weighted by Gasteiger charge is 2.17. The number of hydrogen-bond donors (Lipinski definition) is 3. The summed E-state index contributed by atoms with van der Waals surface area (Å²) in [6, 6.07) is 25.0. The molecule has 0 aliphatic heterocycles. The summed E-state index contributed by atoms with van der Waals surface area (Å²) in [5.74, 6) is 0.965. The third-order valence-electron chi connectivity index (χ3n) is 4.70. The van der Waals surface area contributed by atoms with Gasteiger partial charge in [0.15, 0.2) is 5.75 Å². The monoisotopic (exact) mass is 474 g/mol. The van der Waals surface area contributed by atoms with Crippen LogP contribution in [-0.2, 0) is 16.6 Å². The first-order valence-electron chi connectivity index (χ1n) is 10.4. The minimum absolute atomic E-state index is 0.0448. The van der Waals surface area contributed by atoms with Gasteiger partial charge in [-0.2, -0.15) is 0 Å². The summed E-state index contributed by atoms with van der Waals surface area (Å²) in [5.41, 5.74) is 1.63. The van der Waals surface area contributed by atoms with Gasteiger partial charge >= 0.3 is 6.03 Å². The number of carbonyl (C=O) groups excluding carboxylic acids is 1. The first kappa shape index (κ1) is 22.8. The molecular weight excluding hydrogens is 452 g/mol. The standard InChI is InChI=1S/C25H22N4O4S/c30-25(27-18-19-7-6-16-26-17-19)28-20-12-14-22(15-13-20)34(31,32)29-23-10-4-5-11-24(23)33-21-8-2-1-3-9-21/h1-17,29H,18H2,(H2,27,28,30). The highest BCUT2D eigenvalue weighted by atomic mass is 32.2. The van der Waals surface area contributed by atoms with Crippen LogP contribution in [0.5, 0.6) is 11.5 Å². The Morgan fingerprint density at radius 1 is 0.853 bits per heavy atom. The number of sulfonamides is 1. The summed E-state index contributed by atoms with van der Waals surface area (Å²) in [5, 5.41) is 5.39. The fourth-order valence-corrected chi connectivity index (χ4v) is 4.11. The Hall–Kier alpha value is -4.37. The predicted molar refractivity (Wildman–Crippen MR) is 130 cm³/mol. The second kappa shape index (κ2) is 10.5. The Morgan fingerprint density at radius 3 is 2.32 bits per heavy atom. The third kappa shape index (κ3) is 6.11. The quantitative estimate of drug-likeness (QED) is 0.333. The largest absolute Gasteiger partial charge is 0.455 e. The minimum atomic E-state index is -3.88. The Bertz CT molecular complexity index is 1350. The van der Waals surface area contributed by atoms with E-state index >= 15 is 0 Å². The number of aromatic nitrogens is 1. The van der Waals surface area contributed by atoms with Gasteiger partial charge in [-0.05, 0) is 60.2 Å². The topological polar surface area (TPSA) is 109 Å². The van der Waals surface area contributed by atoms with Crippen molar-refractivity contribution in [1.82, 2.24) is 10.3 Å². The van der Waals surface area contributed by atoms with Crippen molar-refractivity contribution in [2.24, 2.45) is 0 Å². The van der Waals surface area contributed by atoms with Gasteiger partial charge in [-0.25, -0.2) is 13.2 Å². The number of anilines is 2. The zero-order valence-corrected chi connectivity index (χ0v) is 18.8. The van der Waals surface area contributed by atoms with Crippen LogP contribution in [0.4, 0.5) is 16.2 Å². The molecule has 0 fully saturated rings. The second-order valence-corrected chi connectivity index (χ2v) is 8.89. The lowest BCUT2D eigenvalue weighted by atomic mass is 10.3. The number of nitrogens with zero attached hydrogens (tertiary/aromatic N) is 1. The molecule has 3 aromatic carbocycles. The van der Waals surface area contributed by atoms with Gasteiger partial charge in [0.1, 0.15) is 5.75 Å². The third-order valence-corrected chi connectivity index (χ3v) is 6.08. The van der Waals surface area contributed by atoms with Crippen LogP contribution in [0.25, 0.3) is 0 Å². The smallest absolute Gasteiger partial charge is 0.319 e. The Morgan fingerprint density at radius 2 is 1.59 bits per heavy atom. The van der Waals surface area contributed by atoms with Gasteiger partial charge in [-0.3, -0.25) is 9.71 Å². The van der Waals surface area contributed by atoms with Gasteiger partial charge in [-0.15, -0.1) is 0 Å². The van der Waals surface area contributed by atoms with Gasteiger partial charge in [0, 0.05) is 24.6 Å². The van der Waals surface area contributed by atoms with Gasteiger partial charge in [-0.1, -0.05) is 36.4 Å². The number of para-hydroxylation sites is 3. The molecule has 0 saturated carbocycles. The van der Waals surface area contributed by atoms with Crippen molar-refractivity contribution in [2.75, 3.05) is 10.0 Å². The SMILES string of the molecule is O=C(NCc1cccnc1)Nc1ccc(S(=O)(=O)Nc2ccccc2Oc2ccccc2)cc1. The van der Waals surface area contributed by atoms with Crippen molar-refractivity contribution < 1.29 is 17.9 Å². The maximum Gasteiger partial charge on any atom is 0.319 e. The zero-order chi connectivity index (χ0) is 23.8. The lowest BCUT2D eigenvalue weighted by Crippen LogP contribution is -2.28. The molecule has 0 radical (unpaired) electrons. The fourth-order valence-electron chi connectivity index (χ4n) is 3.04. The van der Waals surface area contributed by atoms with E-state index in [1.54, 1.807) is 54.9 Å². The number of benzene rings is 3. The summed E-state index contributed by atoms with van der Waals surface area (Å²) < 4.78 is 34.2. The average Bonchev–Trinajstić information content (AvgIpc) is 2.85. The maximum atomic E-state index is 12.9. The van der Waals surface area contributed by atoms with Gasteiger partial charge in [0.25, 0.3) is 10.0 Å². The van der Waals surface area contributed by atoms with E-state index in [4.69, 9.17) is 4.74 Å². The summed E-state index contributed by atoms with van der Waals surface area (Å²) in [6.45, 7) is 0.320. The molecule has 0 aliphatic rings. The molecule has 34 heavy (non-hydrogen) atoms. The van der Waals surface area contributed by atoms with E-state index in [9.17, 15) is 13.2 Å². The first-order valence-corrected chi connectivity index (χ1v) is 11.9. The lowest BCUT2D eigenvalue weighted by Gasteiger charge is -2.14.